The summed E-state index contributed by atoms with van der Waals surface area (Å²) in [5.41, 5.74) is 2.64. The molecule has 27 heavy (non-hydrogen) atoms. The molecule has 0 radical (unpaired) electrons. The van der Waals surface area contributed by atoms with Crippen LogP contribution < -0.4 is 9.80 Å². The summed E-state index contributed by atoms with van der Waals surface area (Å²) in [6.45, 7) is 4.32. The fourth-order valence-corrected chi connectivity index (χ4v) is 4.91. The fourth-order valence-electron chi connectivity index (χ4n) is 4.91. The SMILES string of the molecule is N#CC(C1CCN(c2ccccc2)CC1)C1CCN(c2ccccc2)CC1. The molecule has 0 aromatic heterocycles. The molecule has 2 aliphatic rings. The summed E-state index contributed by atoms with van der Waals surface area (Å²) in [5, 5.41) is 9.92. The van der Waals surface area contributed by atoms with Gasteiger partial charge < -0.3 is 9.80 Å². The first-order chi connectivity index (χ1) is 13.3. The van der Waals surface area contributed by atoms with Crippen molar-refractivity contribution >= 4 is 11.4 Å². The van der Waals surface area contributed by atoms with Crippen molar-refractivity contribution in [3.05, 3.63) is 60.7 Å². The Bertz CT molecular complexity index is 677. The van der Waals surface area contributed by atoms with Crippen LogP contribution >= 0.6 is 0 Å². The minimum Gasteiger partial charge on any atom is -0.372 e. The van der Waals surface area contributed by atoms with Crippen molar-refractivity contribution < 1.29 is 0 Å². The van der Waals surface area contributed by atoms with Gasteiger partial charge in [0.05, 0.1) is 12.0 Å². The summed E-state index contributed by atoms with van der Waals surface area (Å²) in [6, 6.07) is 24.1. The van der Waals surface area contributed by atoms with Gasteiger partial charge in [-0.2, -0.15) is 5.26 Å². The number of anilines is 2. The largest absolute Gasteiger partial charge is 0.372 e. The van der Waals surface area contributed by atoms with Gasteiger partial charge in [-0.3, -0.25) is 0 Å². The van der Waals surface area contributed by atoms with E-state index in [1.807, 2.05) is 0 Å². The van der Waals surface area contributed by atoms with Gasteiger partial charge in [-0.1, -0.05) is 36.4 Å². The van der Waals surface area contributed by atoms with Gasteiger partial charge in [-0.15, -0.1) is 0 Å². The molecule has 0 amide bonds. The van der Waals surface area contributed by atoms with E-state index in [0.717, 1.165) is 51.9 Å². The zero-order valence-corrected chi connectivity index (χ0v) is 16.0. The summed E-state index contributed by atoms with van der Waals surface area (Å²) in [4.78, 5) is 4.95. The van der Waals surface area contributed by atoms with Gasteiger partial charge in [0.2, 0.25) is 0 Å². The first-order valence-corrected chi connectivity index (χ1v) is 10.3. The van der Waals surface area contributed by atoms with Crippen molar-refractivity contribution in [1.82, 2.24) is 0 Å². The zero-order chi connectivity index (χ0) is 18.5. The Morgan fingerprint density at radius 3 is 1.37 bits per heavy atom. The van der Waals surface area contributed by atoms with Crippen molar-refractivity contribution in [1.29, 1.82) is 5.26 Å². The predicted octanol–water partition coefficient (Wildman–Crippen LogP) is 4.96. The van der Waals surface area contributed by atoms with E-state index in [2.05, 4.69) is 76.5 Å². The fraction of sp³-hybridized carbons (Fsp3) is 0.458. The van der Waals surface area contributed by atoms with Crippen LogP contribution in [0.25, 0.3) is 0 Å². The van der Waals surface area contributed by atoms with E-state index < -0.39 is 0 Å². The van der Waals surface area contributed by atoms with Crippen LogP contribution in [0.1, 0.15) is 25.7 Å². The van der Waals surface area contributed by atoms with E-state index in [-0.39, 0.29) is 5.92 Å². The maximum Gasteiger partial charge on any atom is 0.0661 e. The third-order valence-electron chi connectivity index (χ3n) is 6.49. The lowest BCUT2D eigenvalue weighted by atomic mass is 9.74. The highest BCUT2D eigenvalue weighted by molar-refractivity contribution is 5.47. The van der Waals surface area contributed by atoms with Gasteiger partial charge in [0.25, 0.3) is 0 Å². The summed E-state index contributed by atoms with van der Waals surface area (Å²) >= 11 is 0. The maximum atomic E-state index is 9.92. The van der Waals surface area contributed by atoms with E-state index in [1.165, 1.54) is 11.4 Å². The predicted molar refractivity (Wildman–Crippen MR) is 112 cm³/mol. The average Bonchev–Trinajstić information content (AvgIpc) is 2.76. The van der Waals surface area contributed by atoms with Crippen molar-refractivity contribution in [3.63, 3.8) is 0 Å². The second-order valence-corrected chi connectivity index (χ2v) is 7.97. The molecule has 3 heteroatoms. The lowest BCUT2D eigenvalue weighted by Gasteiger charge is -2.40. The quantitative estimate of drug-likeness (QED) is 0.773. The standard InChI is InChI=1S/C24H29N3/c25-19-24(20-11-15-26(16-12-20)22-7-3-1-4-8-22)21-13-17-27(18-14-21)23-9-5-2-6-10-23/h1-10,20-21,24H,11-18H2. The summed E-state index contributed by atoms with van der Waals surface area (Å²) in [6.07, 6.45) is 4.58. The van der Waals surface area contributed by atoms with Crippen LogP contribution in [-0.2, 0) is 0 Å². The molecule has 0 bridgehead atoms. The monoisotopic (exact) mass is 359 g/mol. The van der Waals surface area contributed by atoms with Crippen molar-refractivity contribution in [2.75, 3.05) is 36.0 Å². The molecule has 2 aromatic carbocycles. The van der Waals surface area contributed by atoms with Gasteiger partial charge in [0.1, 0.15) is 0 Å². The second-order valence-electron chi connectivity index (χ2n) is 7.97. The van der Waals surface area contributed by atoms with Crippen LogP contribution in [0.3, 0.4) is 0 Å². The molecule has 4 rings (SSSR count). The zero-order valence-electron chi connectivity index (χ0n) is 16.0. The molecular formula is C24H29N3. The molecule has 2 saturated heterocycles. The number of nitriles is 1. The van der Waals surface area contributed by atoms with Gasteiger partial charge >= 0.3 is 0 Å². The lowest BCUT2D eigenvalue weighted by molar-refractivity contribution is 0.215. The van der Waals surface area contributed by atoms with Gasteiger partial charge in [0, 0.05) is 37.6 Å². The highest BCUT2D eigenvalue weighted by Crippen LogP contribution is 2.36. The Morgan fingerprint density at radius 2 is 1.04 bits per heavy atom. The van der Waals surface area contributed by atoms with Crippen LogP contribution in [0, 0.1) is 29.1 Å². The van der Waals surface area contributed by atoms with Crippen molar-refractivity contribution in [2.45, 2.75) is 25.7 Å². The van der Waals surface area contributed by atoms with E-state index in [0.29, 0.717) is 11.8 Å². The highest BCUT2D eigenvalue weighted by Gasteiger charge is 2.34. The molecule has 0 aliphatic carbocycles. The summed E-state index contributed by atoms with van der Waals surface area (Å²) in [5.74, 6) is 1.34. The smallest absolute Gasteiger partial charge is 0.0661 e. The molecule has 3 nitrogen and oxygen atoms in total. The molecule has 0 saturated carbocycles. The molecule has 0 N–H and O–H groups in total. The Labute approximate surface area is 163 Å². The molecule has 2 aromatic rings. The molecular weight excluding hydrogens is 330 g/mol. The third-order valence-corrected chi connectivity index (χ3v) is 6.49. The minimum atomic E-state index is 0.223. The van der Waals surface area contributed by atoms with E-state index in [4.69, 9.17) is 0 Å². The van der Waals surface area contributed by atoms with Gasteiger partial charge in [-0.05, 0) is 61.8 Å². The van der Waals surface area contributed by atoms with Gasteiger partial charge in [0.15, 0.2) is 0 Å². The lowest BCUT2D eigenvalue weighted by Crippen LogP contribution is -2.41. The molecule has 2 fully saturated rings. The van der Waals surface area contributed by atoms with Gasteiger partial charge in [-0.25, -0.2) is 0 Å². The Kier molecular flexibility index (Phi) is 5.63. The Balaban J connectivity index is 1.32. The van der Waals surface area contributed by atoms with Crippen LogP contribution in [0.15, 0.2) is 60.7 Å². The van der Waals surface area contributed by atoms with E-state index in [9.17, 15) is 5.26 Å². The average molecular weight is 360 g/mol. The first-order valence-electron chi connectivity index (χ1n) is 10.3. The Hall–Kier alpha value is -2.47. The van der Waals surface area contributed by atoms with E-state index >= 15 is 0 Å². The Morgan fingerprint density at radius 1 is 0.667 bits per heavy atom. The molecule has 0 unspecified atom stereocenters. The van der Waals surface area contributed by atoms with Crippen molar-refractivity contribution in [3.8, 4) is 6.07 Å². The maximum absolute atomic E-state index is 9.92. The topological polar surface area (TPSA) is 30.3 Å². The first kappa shape index (κ1) is 17.9. The van der Waals surface area contributed by atoms with Crippen LogP contribution in [0.4, 0.5) is 11.4 Å². The summed E-state index contributed by atoms with van der Waals surface area (Å²) in [7, 11) is 0. The molecule has 0 atom stereocenters. The third kappa shape index (κ3) is 4.11. The number of hydrogen-bond acceptors (Lipinski definition) is 3. The number of rotatable bonds is 4. The second kappa shape index (κ2) is 8.48. The highest BCUT2D eigenvalue weighted by atomic mass is 15.1. The van der Waals surface area contributed by atoms with E-state index in [1.54, 1.807) is 0 Å². The number of hydrogen-bond donors (Lipinski definition) is 0. The minimum absolute atomic E-state index is 0.223. The number of benzene rings is 2. The molecule has 2 heterocycles. The number of nitrogens with zero attached hydrogens (tertiary/aromatic N) is 3. The van der Waals surface area contributed by atoms with Crippen LogP contribution in [-0.4, -0.2) is 26.2 Å². The van der Waals surface area contributed by atoms with Crippen LogP contribution in [0.2, 0.25) is 0 Å². The summed E-state index contributed by atoms with van der Waals surface area (Å²) < 4.78 is 0. The normalized spacial score (nSPS) is 19.3. The number of piperidine rings is 2. The van der Waals surface area contributed by atoms with Crippen molar-refractivity contribution in [2.24, 2.45) is 17.8 Å². The van der Waals surface area contributed by atoms with Crippen LogP contribution in [0.5, 0.6) is 0 Å². The molecule has 2 aliphatic heterocycles. The molecule has 0 spiro atoms. The molecule has 140 valence electrons. The number of para-hydroxylation sites is 2.